The lowest BCUT2D eigenvalue weighted by molar-refractivity contribution is -0.159. The van der Waals surface area contributed by atoms with Crippen molar-refractivity contribution in [3.63, 3.8) is 0 Å². The van der Waals surface area contributed by atoms with Crippen LogP contribution < -0.4 is 0 Å². The third-order valence-electron chi connectivity index (χ3n) is 11.4. The fraction of sp³-hybridized carbons (Fsp3) is 0.806. The van der Waals surface area contributed by atoms with E-state index in [-0.39, 0.29) is 34.7 Å². The highest BCUT2D eigenvalue weighted by molar-refractivity contribution is 5.71. The second kappa shape index (κ2) is 9.93. The summed E-state index contributed by atoms with van der Waals surface area (Å²) in [6.07, 6.45) is 8.93. The lowest BCUT2D eigenvalue weighted by atomic mass is 9.46. The Labute approximate surface area is 217 Å². The molecule has 4 aliphatic carbocycles. The van der Waals surface area contributed by atoms with Crippen molar-refractivity contribution >= 4 is 11.9 Å². The summed E-state index contributed by atoms with van der Waals surface area (Å²) in [5.74, 6) is 0.161. The molecule has 0 spiro atoms. The maximum absolute atomic E-state index is 12.5. The normalized spacial score (nSPS) is 41.4. The first-order valence-corrected chi connectivity index (χ1v) is 14.3. The van der Waals surface area contributed by atoms with Gasteiger partial charge in [0.25, 0.3) is 0 Å². The maximum atomic E-state index is 12.5. The topological polar surface area (TPSA) is 83.8 Å². The van der Waals surface area contributed by atoms with Crippen molar-refractivity contribution in [1.29, 1.82) is 0 Å². The van der Waals surface area contributed by atoms with E-state index >= 15 is 0 Å². The standard InChI is InChI=1S/C31H48O5/c1-17(2)18(3)16-26(33)28(29(34)35)25-11-10-23-21-8-9-22-19(4)27(36-20(5)32)13-15-30(22,6)24(21)12-14-31(23,25)7/h8,17,19,22-28,33H,3,9-16H2,1-2,4-7H3,(H,34,35)/t19-,22?,23-,24-,25+,26-,27-,28-,30-,31-/m0/s1. The molecule has 1 unspecified atom stereocenters. The van der Waals surface area contributed by atoms with Gasteiger partial charge in [-0.1, -0.05) is 58.4 Å². The van der Waals surface area contributed by atoms with Crippen molar-refractivity contribution in [2.45, 2.75) is 105 Å². The SMILES string of the molecule is C=C(C[C@H](O)[C@@H](C(=O)O)[C@H]1CC[C@H]2C3=CCC4[C@H](C)[C@@H](OC(C)=O)CC[C@]4(C)[C@H]3CC[C@]12C)C(C)C. The lowest BCUT2D eigenvalue weighted by Crippen LogP contribution is -2.53. The molecule has 10 atom stereocenters. The Kier molecular flexibility index (Phi) is 7.56. The van der Waals surface area contributed by atoms with E-state index in [2.05, 4.69) is 33.4 Å². The van der Waals surface area contributed by atoms with Crippen molar-refractivity contribution in [2.24, 2.45) is 52.3 Å². The molecule has 0 radical (unpaired) electrons. The number of fused-ring (bicyclic) bond motifs is 5. The average molecular weight is 501 g/mol. The van der Waals surface area contributed by atoms with Crippen LogP contribution in [0.25, 0.3) is 0 Å². The molecule has 3 saturated carbocycles. The molecule has 0 heterocycles. The molecule has 3 fully saturated rings. The molecule has 5 nitrogen and oxygen atoms in total. The summed E-state index contributed by atoms with van der Waals surface area (Å²) in [6.45, 7) is 16.7. The van der Waals surface area contributed by atoms with Crippen LogP contribution in [0, 0.1) is 52.3 Å². The first kappa shape index (κ1) is 27.4. The number of allylic oxidation sites excluding steroid dienone is 2. The molecular formula is C31H48O5. The Morgan fingerprint density at radius 1 is 1.11 bits per heavy atom. The molecule has 202 valence electrons. The molecule has 0 bridgehead atoms. The first-order valence-electron chi connectivity index (χ1n) is 14.3. The molecule has 36 heavy (non-hydrogen) atoms. The molecular weight excluding hydrogens is 452 g/mol. The number of carboxylic acids is 1. The van der Waals surface area contributed by atoms with Crippen LogP contribution in [0.4, 0.5) is 0 Å². The summed E-state index contributed by atoms with van der Waals surface area (Å²) in [6, 6.07) is 0. The third kappa shape index (κ3) is 4.48. The maximum Gasteiger partial charge on any atom is 0.309 e. The average Bonchev–Trinajstić information content (AvgIpc) is 3.12. The van der Waals surface area contributed by atoms with Crippen LogP contribution in [-0.4, -0.2) is 34.4 Å². The number of ether oxygens (including phenoxy) is 1. The van der Waals surface area contributed by atoms with Gasteiger partial charge in [-0.25, -0.2) is 0 Å². The molecule has 4 rings (SSSR count). The number of esters is 1. The molecule has 0 aromatic rings. The van der Waals surface area contributed by atoms with Gasteiger partial charge in [-0.15, -0.1) is 0 Å². The minimum atomic E-state index is -0.893. The highest BCUT2D eigenvalue weighted by Gasteiger charge is 2.61. The van der Waals surface area contributed by atoms with E-state index in [9.17, 15) is 19.8 Å². The number of aliphatic hydroxyl groups excluding tert-OH is 1. The number of aliphatic hydroxyl groups is 1. The minimum absolute atomic E-state index is 0.0126. The first-order chi connectivity index (χ1) is 16.8. The molecule has 0 aromatic carbocycles. The molecule has 0 aliphatic heterocycles. The van der Waals surface area contributed by atoms with Crippen molar-refractivity contribution < 1.29 is 24.5 Å². The number of carbonyl (C=O) groups excluding carboxylic acids is 1. The van der Waals surface area contributed by atoms with Crippen LogP contribution >= 0.6 is 0 Å². The fourth-order valence-corrected chi connectivity index (χ4v) is 9.18. The van der Waals surface area contributed by atoms with Crippen molar-refractivity contribution in [3.8, 4) is 0 Å². The molecule has 2 N–H and O–H groups in total. The summed E-state index contributed by atoms with van der Waals surface area (Å²) in [5, 5.41) is 21.4. The molecule has 0 amide bonds. The van der Waals surface area contributed by atoms with Gasteiger partial charge in [0, 0.05) is 6.92 Å². The van der Waals surface area contributed by atoms with Gasteiger partial charge in [0.05, 0.1) is 12.0 Å². The number of carbonyl (C=O) groups is 2. The summed E-state index contributed by atoms with van der Waals surface area (Å²) >= 11 is 0. The number of hydrogen-bond donors (Lipinski definition) is 2. The highest BCUT2D eigenvalue weighted by atomic mass is 16.5. The summed E-state index contributed by atoms with van der Waals surface area (Å²) in [5.41, 5.74) is 2.58. The Morgan fingerprint density at radius 3 is 2.36 bits per heavy atom. The Morgan fingerprint density at radius 2 is 1.75 bits per heavy atom. The van der Waals surface area contributed by atoms with E-state index in [4.69, 9.17) is 4.74 Å². The van der Waals surface area contributed by atoms with Crippen molar-refractivity contribution in [3.05, 3.63) is 23.8 Å². The number of hydrogen-bond acceptors (Lipinski definition) is 4. The Bertz CT molecular complexity index is 920. The van der Waals surface area contributed by atoms with Gasteiger partial charge in [0.2, 0.25) is 0 Å². The van der Waals surface area contributed by atoms with E-state index in [1.165, 1.54) is 6.92 Å². The molecule has 0 saturated heterocycles. The van der Waals surface area contributed by atoms with Crippen molar-refractivity contribution in [1.82, 2.24) is 0 Å². The Hall–Kier alpha value is -1.62. The van der Waals surface area contributed by atoms with Crippen LogP contribution in [0.5, 0.6) is 0 Å². The smallest absolute Gasteiger partial charge is 0.309 e. The number of carboxylic acid groups (broad SMARTS) is 1. The van der Waals surface area contributed by atoms with Gasteiger partial charge in [-0.3, -0.25) is 9.59 Å². The van der Waals surface area contributed by atoms with E-state index in [0.29, 0.717) is 30.1 Å². The zero-order chi connectivity index (χ0) is 26.6. The molecule has 0 aromatic heterocycles. The van der Waals surface area contributed by atoms with E-state index in [0.717, 1.165) is 50.5 Å². The van der Waals surface area contributed by atoms with Crippen LogP contribution in [-0.2, 0) is 14.3 Å². The van der Waals surface area contributed by atoms with E-state index in [1.54, 1.807) is 5.57 Å². The van der Waals surface area contributed by atoms with Gasteiger partial charge < -0.3 is 14.9 Å². The number of rotatable bonds is 7. The predicted molar refractivity (Wildman–Crippen MR) is 141 cm³/mol. The zero-order valence-electron chi connectivity index (χ0n) is 23.3. The Balaban J connectivity index is 1.58. The molecule has 4 aliphatic rings. The van der Waals surface area contributed by atoms with Gasteiger partial charge >= 0.3 is 11.9 Å². The second-order valence-corrected chi connectivity index (χ2v) is 13.4. The van der Waals surface area contributed by atoms with Crippen LogP contribution in [0.1, 0.15) is 92.9 Å². The van der Waals surface area contributed by atoms with Crippen LogP contribution in [0.15, 0.2) is 23.8 Å². The van der Waals surface area contributed by atoms with Gasteiger partial charge in [-0.2, -0.15) is 0 Å². The van der Waals surface area contributed by atoms with Crippen LogP contribution in [0.2, 0.25) is 0 Å². The monoisotopic (exact) mass is 500 g/mol. The summed E-state index contributed by atoms with van der Waals surface area (Å²) in [7, 11) is 0. The van der Waals surface area contributed by atoms with Crippen molar-refractivity contribution in [2.75, 3.05) is 0 Å². The zero-order valence-corrected chi connectivity index (χ0v) is 23.3. The lowest BCUT2D eigenvalue weighted by Gasteiger charge is -2.59. The van der Waals surface area contributed by atoms with E-state index < -0.39 is 18.0 Å². The molecule has 5 heteroatoms. The summed E-state index contributed by atoms with van der Waals surface area (Å²) < 4.78 is 5.70. The number of aliphatic carboxylic acids is 1. The predicted octanol–water partition coefficient (Wildman–Crippen LogP) is 6.41. The largest absolute Gasteiger partial charge is 0.481 e. The highest BCUT2D eigenvalue weighted by Crippen LogP contribution is 2.67. The van der Waals surface area contributed by atoms with Gasteiger partial charge in [0.1, 0.15) is 6.10 Å². The third-order valence-corrected chi connectivity index (χ3v) is 11.4. The quantitative estimate of drug-likeness (QED) is 0.312. The van der Waals surface area contributed by atoms with E-state index in [1.807, 2.05) is 13.8 Å². The second-order valence-electron chi connectivity index (χ2n) is 13.4. The van der Waals surface area contributed by atoms with Gasteiger partial charge in [0.15, 0.2) is 0 Å². The van der Waals surface area contributed by atoms with Crippen LogP contribution in [0.3, 0.4) is 0 Å². The van der Waals surface area contributed by atoms with Gasteiger partial charge in [-0.05, 0) is 97.7 Å². The minimum Gasteiger partial charge on any atom is -0.481 e. The fourth-order valence-electron chi connectivity index (χ4n) is 9.18. The summed E-state index contributed by atoms with van der Waals surface area (Å²) in [4.78, 5) is 24.2.